The van der Waals surface area contributed by atoms with E-state index >= 15 is 0 Å². The average molecular weight is 823 g/mol. The Hall–Kier alpha value is -7.10. The third-order valence-electron chi connectivity index (χ3n) is 15.0. The lowest BCUT2D eigenvalue weighted by Crippen LogP contribution is -2.47. The van der Waals surface area contributed by atoms with E-state index in [0.29, 0.717) is 0 Å². The van der Waals surface area contributed by atoms with Crippen LogP contribution in [0.3, 0.4) is 0 Å². The van der Waals surface area contributed by atoms with Gasteiger partial charge in [-0.3, -0.25) is 0 Å². The Kier molecular flexibility index (Phi) is 8.72. The molecule has 0 atom stereocenters. The van der Waals surface area contributed by atoms with E-state index in [1.165, 1.54) is 94.4 Å². The van der Waals surface area contributed by atoms with Crippen molar-refractivity contribution in [2.45, 2.75) is 56.8 Å². The first-order chi connectivity index (χ1) is 31.2. The van der Waals surface area contributed by atoms with Gasteiger partial charge in [0.2, 0.25) is 0 Å². The minimum atomic E-state index is -0.512. The molecule has 308 valence electrons. The van der Waals surface area contributed by atoms with Gasteiger partial charge in [0.05, 0.1) is 11.1 Å². The predicted octanol–water partition coefficient (Wildman–Crippen LogP) is 14.1. The zero-order valence-electron chi connectivity index (χ0n) is 37.1. The van der Waals surface area contributed by atoms with Crippen LogP contribution in [-0.2, 0) is 16.2 Å². The maximum absolute atomic E-state index is 4.05. The summed E-state index contributed by atoms with van der Waals surface area (Å²) < 4.78 is 0. The number of hydrogen-bond acceptors (Lipinski definition) is 2. The van der Waals surface area contributed by atoms with Crippen molar-refractivity contribution in [2.75, 3.05) is 10.2 Å². The van der Waals surface area contributed by atoms with Crippen LogP contribution in [0.4, 0.5) is 28.4 Å². The van der Waals surface area contributed by atoms with E-state index in [0.717, 1.165) is 31.5 Å². The molecule has 3 heteroatoms. The molecule has 9 aromatic carbocycles. The third-order valence-corrected chi connectivity index (χ3v) is 15.0. The summed E-state index contributed by atoms with van der Waals surface area (Å²) in [7, 11) is 0.814. The molecule has 0 unspecified atom stereocenters. The fourth-order valence-electron chi connectivity index (χ4n) is 11.7. The van der Waals surface area contributed by atoms with Crippen LogP contribution < -0.4 is 21.1 Å². The Morgan fingerprint density at radius 1 is 0.484 bits per heavy atom. The Bertz CT molecular complexity index is 3220. The molecule has 0 radical (unpaired) electrons. The van der Waals surface area contributed by atoms with Crippen LogP contribution in [0.5, 0.6) is 0 Å². The highest BCUT2D eigenvalue weighted by Crippen LogP contribution is 2.58. The van der Waals surface area contributed by atoms with E-state index in [-0.39, 0.29) is 10.8 Å². The standard InChI is InChI=1S/C61H51BN2/c1-59(2)35-36-60(3,4)51-39-53(63-45-33-31-41(32-34-45)40-19-8-5-9-20-40)47(38-50(51)59)56-46-26-15-14-21-42(46)37-55-57(56)62-52-29-18-28-49-58(52)64(55)54-30-17-16-27-48(54)61(49,43-22-10-6-11-23-43)44-24-12-7-13-25-44/h5-34,37-39,62-63H,35-36H2,1-4H3. The van der Waals surface area contributed by atoms with E-state index in [1.807, 2.05) is 0 Å². The highest BCUT2D eigenvalue weighted by atomic mass is 15.2. The van der Waals surface area contributed by atoms with Crippen LogP contribution in [0, 0.1) is 0 Å². The zero-order valence-corrected chi connectivity index (χ0v) is 37.1. The molecule has 2 nitrogen and oxygen atoms in total. The quantitative estimate of drug-likeness (QED) is 0.168. The van der Waals surface area contributed by atoms with Crippen LogP contribution in [0.15, 0.2) is 200 Å². The molecule has 9 aromatic rings. The average Bonchev–Trinajstić information content (AvgIpc) is 3.33. The summed E-state index contributed by atoms with van der Waals surface area (Å²) in [5.41, 5.74) is 21.4. The molecule has 12 rings (SSSR count). The maximum Gasteiger partial charge on any atom is 0.198 e. The van der Waals surface area contributed by atoms with E-state index in [1.54, 1.807) is 0 Å². The zero-order chi connectivity index (χ0) is 43.2. The normalized spacial score (nSPS) is 15.8. The molecule has 0 spiro atoms. The van der Waals surface area contributed by atoms with Crippen LogP contribution >= 0.6 is 0 Å². The van der Waals surface area contributed by atoms with Gasteiger partial charge in [0.25, 0.3) is 0 Å². The van der Waals surface area contributed by atoms with Gasteiger partial charge in [0.1, 0.15) is 0 Å². The van der Waals surface area contributed by atoms with E-state index in [4.69, 9.17) is 0 Å². The molecule has 0 amide bonds. The molecule has 2 heterocycles. The van der Waals surface area contributed by atoms with Gasteiger partial charge in [0.15, 0.2) is 7.28 Å². The van der Waals surface area contributed by atoms with Crippen molar-refractivity contribution in [3.63, 3.8) is 0 Å². The van der Waals surface area contributed by atoms with Crippen molar-refractivity contribution in [3.05, 3.63) is 234 Å². The molecule has 0 saturated carbocycles. The molecule has 1 aliphatic carbocycles. The number of rotatable bonds is 6. The van der Waals surface area contributed by atoms with Gasteiger partial charge in [-0.2, -0.15) is 0 Å². The summed E-state index contributed by atoms with van der Waals surface area (Å²) in [4.78, 5) is 2.62. The fraction of sp³-hybridized carbons (Fsp3) is 0.148. The lowest BCUT2D eigenvalue weighted by molar-refractivity contribution is 0.332. The minimum Gasteiger partial charge on any atom is -0.355 e. The Balaban J connectivity index is 1.13. The highest BCUT2D eigenvalue weighted by molar-refractivity contribution is 6.74. The molecule has 0 bridgehead atoms. The molecule has 0 fully saturated rings. The molecule has 64 heavy (non-hydrogen) atoms. The highest BCUT2D eigenvalue weighted by Gasteiger charge is 2.49. The molecular formula is C61H51BN2. The number of nitrogens with zero attached hydrogens (tertiary/aromatic N) is 1. The smallest absolute Gasteiger partial charge is 0.198 e. The Morgan fingerprint density at radius 2 is 1.06 bits per heavy atom. The molecule has 0 saturated heterocycles. The SMILES string of the molecule is CC1(C)CCC(C)(C)c2cc(-c3c4c(cc5ccccc35)N3c5ccccc5C(c5ccccc5)(c5ccccc5)c5cccc(c53)B4)c(Nc3ccc(-c4ccccc4)cc3)cc21. The summed E-state index contributed by atoms with van der Waals surface area (Å²) in [6.45, 7) is 9.78. The minimum absolute atomic E-state index is 0.0334. The second-order valence-electron chi connectivity index (χ2n) is 19.6. The lowest BCUT2D eigenvalue weighted by Gasteiger charge is -2.49. The monoisotopic (exact) mass is 822 g/mol. The number of anilines is 5. The number of hydrogen-bond donors (Lipinski definition) is 1. The van der Waals surface area contributed by atoms with Gasteiger partial charge in [0, 0.05) is 28.3 Å². The molecule has 3 aliphatic rings. The van der Waals surface area contributed by atoms with Crippen molar-refractivity contribution >= 4 is 57.4 Å². The van der Waals surface area contributed by atoms with E-state index < -0.39 is 5.41 Å². The molecule has 0 aromatic heterocycles. The first-order valence-corrected chi connectivity index (χ1v) is 23.0. The van der Waals surface area contributed by atoms with Crippen LogP contribution in [-0.4, -0.2) is 7.28 Å². The van der Waals surface area contributed by atoms with E-state index in [2.05, 4.69) is 238 Å². The summed E-state index contributed by atoms with van der Waals surface area (Å²) >= 11 is 0. The van der Waals surface area contributed by atoms with Crippen molar-refractivity contribution in [3.8, 4) is 22.3 Å². The maximum atomic E-state index is 4.05. The van der Waals surface area contributed by atoms with Crippen LogP contribution in [0.1, 0.15) is 73.9 Å². The van der Waals surface area contributed by atoms with Crippen molar-refractivity contribution < 1.29 is 0 Å². The summed E-state index contributed by atoms with van der Waals surface area (Å²) in [5, 5.41) is 6.58. The second-order valence-corrected chi connectivity index (χ2v) is 19.6. The topological polar surface area (TPSA) is 15.3 Å². The summed E-state index contributed by atoms with van der Waals surface area (Å²) in [6.07, 6.45) is 2.31. The molecule has 2 aliphatic heterocycles. The fourth-order valence-corrected chi connectivity index (χ4v) is 11.7. The predicted molar refractivity (Wildman–Crippen MR) is 273 cm³/mol. The first-order valence-electron chi connectivity index (χ1n) is 23.0. The lowest BCUT2D eigenvalue weighted by atomic mass is 9.53. The third kappa shape index (κ3) is 5.80. The number of fused-ring (bicyclic) bond motifs is 6. The molecular weight excluding hydrogens is 771 g/mol. The summed E-state index contributed by atoms with van der Waals surface area (Å²) in [5.74, 6) is 0. The van der Waals surface area contributed by atoms with Crippen molar-refractivity contribution in [1.29, 1.82) is 0 Å². The Labute approximate surface area is 378 Å². The Morgan fingerprint density at radius 3 is 1.77 bits per heavy atom. The van der Waals surface area contributed by atoms with Crippen LogP contribution in [0.2, 0.25) is 0 Å². The van der Waals surface area contributed by atoms with Gasteiger partial charge in [-0.25, -0.2) is 0 Å². The largest absolute Gasteiger partial charge is 0.355 e. The molecule has 1 N–H and O–H groups in total. The van der Waals surface area contributed by atoms with Gasteiger partial charge >= 0.3 is 0 Å². The van der Waals surface area contributed by atoms with Gasteiger partial charge < -0.3 is 10.2 Å². The number of benzene rings is 9. The van der Waals surface area contributed by atoms with Crippen molar-refractivity contribution in [2.24, 2.45) is 0 Å². The van der Waals surface area contributed by atoms with Gasteiger partial charge in [-0.05, 0) is 126 Å². The number of nitrogens with one attached hydrogen (secondary N) is 1. The van der Waals surface area contributed by atoms with Gasteiger partial charge in [-0.15, -0.1) is 0 Å². The van der Waals surface area contributed by atoms with Crippen LogP contribution in [0.25, 0.3) is 33.0 Å². The first kappa shape index (κ1) is 38.6. The number of para-hydroxylation sites is 2. The van der Waals surface area contributed by atoms with E-state index in [9.17, 15) is 0 Å². The van der Waals surface area contributed by atoms with Crippen molar-refractivity contribution in [1.82, 2.24) is 0 Å². The summed E-state index contributed by atoms with van der Waals surface area (Å²) in [6, 6.07) is 74.9. The van der Waals surface area contributed by atoms with Gasteiger partial charge in [-0.1, -0.05) is 197 Å². The second kappa shape index (κ2) is 14.5.